The topological polar surface area (TPSA) is 163 Å². The van der Waals surface area contributed by atoms with Crippen LogP contribution >= 0.6 is 0 Å². The summed E-state index contributed by atoms with van der Waals surface area (Å²) in [5, 5.41) is 21.1. The van der Waals surface area contributed by atoms with Crippen molar-refractivity contribution in [2.75, 3.05) is 14.2 Å². The molecule has 0 unspecified atom stereocenters. The molecular formula is C36H38N4O7. The molecule has 8 bridgehead atoms. The maximum absolute atomic E-state index is 13.4. The maximum Gasteiger partial charge on any atom is 0.373 e. The van der Waals surface area contributed by atoms with Gasteiger partial charge in [-0.25, -0.2) is 19.6 Å². The van der Waals surface area contributed by atoms with Crippen molar-refractivity contribution in [3.8, 4) is 0 Å². The lowest BCUT2D eigenvalue weighted by Gasteiger charge is -2.20. The molecule has 1 aromatic heterocycles. The molecule has 3 N–H and O–H groups in total. The predicted molar refractivity (Wildman–Crippen MR) is 181 cm³/mol. The first-order valence-electron chi connectivity index (χ1n) is 15.4. The number of esters is 2. The van der Waals surface area contributed by atoms with Gasteiger partial charge in [0.15, 0.2) is 0 Å². The molecule has 0 amide bonds. The van der Waals surface area contributed by atoms with E-state index >= 15 is 0 Å². The summed E-state index contributed by atoms with van der Waals surface area (Å²) in [6.45, 7) is 13.7. The Labute approximate surface area is 272 Å². The van der Waals surface area contributed by atoms with Crippen LogP contribution < -0.4 is 0 Å². The number of aliphatic hydroxyl groups is 1. The molecule has 2 atom stereocenters. The number of aliphatic carboxylic acids is 1. The monoisotopic (exact) mass is 638 g/mol. The summed E-state index contributed by atoms with van der Waals surface area (Å²) in [5.41, 5.74) is 8.31. The fourth-order valence-corrected chi connectivity index (χ4v) is 6.55. The highest BCUT2D eigenvalue weighted by Crippen LogP contribution is 2.42. The van der Waals surface area contributed by atoms with Crippen molar-refractivity contribution in [1.29, 1.82) is 0 Å². The second kappa shape index (κ2) is 12.8. The third-order valence-electron chi connectivity index (χ3n) is 9.23. The minimum Gasteiger partial charge on any atom is -0.501 e. The van der Waals surface area contributed by atoms with Crippen molar-refractivity contribution < 1.29 is 34.1 Å². The summed E-state index contributed by atoms with van der Waals surface area (Å²) in [5.74, 6) is -4.54. The normalized spacial score (nSPS) is 21.4. The highest BCUT2D eigenvalue weighted by atomic mass is 16.5. The summed E-state index contributed by atoms with van der Waals surface area (Å²) >= 11 is 0. The van der Waals surface area contributed by atoms with Crippen LogP contribution in [0, 0.1) is 18.8 Å². The Balaban J connectivity index is 1.93. The number of nitrogens with one attached hydrogen (secondary N) is 1. The number of methoxy groups -OCH3 is 2. The second-order valence-electron chi connectivity index (χ2n) is 11.8. The Hall–Kier alpha value is -5.32. The Morgan fingerprint density at radius 3 is 2.30 bits per heavy atom. The van der Waals surface area contributed by atoms with Crippen molar-refractivity contribution in [2.45, 2.75) is 53.9 Å². The molecule has 0 saturated heterocycles. The van der Waals surface area contributed by atoms with Crippen LogP contribution in [0.15, 0.2) is 78.3 Å². The maximum atomic E-state index is 13.4. The molecule has 244 valence electrons. The fraction of sp³-hybridized carbons (Fsp3) is 0.333. The lowest BCUT2D eigenvalue weighted by Crippen LogP contribution is -2.28. The number of hydrogen-bond acceptors (Lipinski definition) is 9. The van der Waals surface area contributed by atoms with Gasteiger partial charge in [-0.15, -0.1) is 0 Å². The van der Waals surface area contributed by atoms with Crippen LogP contribution in [0.2, 0.25) is 0 Å². The summed E-state index contributed by atoms with van der Waals surface area (Å²) in [4.78, 5) is 56.3. The number of aliphatic imine (C=N–C) groups is 3. The summed E-state index contributed by atoms with van der Waals surface area (Å²) in [6, 6.07) is 0. The largest absolute Gasteiger partial charge is 0.501 e. The van der Waals surface area contributed by atoms with Gasteiger partial charge in [0.25, 0.3) is 0 Å². The molecule has 11 heteroatoms. The third kappa shape index (κ3) is 5.66. The Bertz CT molecular complexity index is 1920. The van der Waals surface area contributed by atoms with E-state index in [9.17, 15) is 24.6 Å². The van der Waals surface area contributed by atoms with Gasteiger partial charge in [0.05, 0.1) is 53.9 Å². The van der Waals surface area contributed by atoms with E-state index in [1.807, 2.05) is 39.8 Å². The molecule has 4 aliphatic rings. The number of fused-ring (bicyclic) bond motifs is 5. The van der Waals surface area contributed by atoms with Gasteiger partial charge in [-0.1, -0.05) is 26.5 Å². The zero-order valence-electron chi connectivity index (χ0n) is 27.6. The van der Waals surface area contributed by atoms with Crippen LogP contribution in [-0.4, -0.2) is 64.5 Å². The number of aromatic nitrogens is 1. The zero-order chi connectivity index (χ0) is 34.3. The molecule has 5 heterocycles. The van der Waals surface area contributed by atoms with Crippen LogP contribution in [0.4, 0.5) is 0 Å². The van der Waals surface area contributed by atoms with Crippen molar-refractivity contribution in [1.82, 2.24) is 4.98 Å². The average Bonchev–Trinajstić information content (AvgIpc) is 3.72. The van der Waals surface area contributed by atoms with E-state index in [-0.39, 0.29) is 41.3 Å². The first-order chi connectivity index (χ1) is 22.4. The first-order valence-corrected chi connectivity index (χ1v) is 15.4. The van der Waals surface area contributed by atoms with E-state index in [4.69, 9.17) is 24.5 Å². The molecule has 0 aliphatic carbocycles. The second-order valence-corrected chi connectivity index (χ2v) is 11.8. The van der Waals surface area contributed by atoms with E-state index in [0.29, 0.717) is 29.1 Å². The molecular weight excluding hydrogens is 600 g/mol. The molecule has 11 nitrogen and oxygen atoms in total. The lowest BCUT2D eigenvalue weighted by molar-refractivity contribution is -0.139. The number of rotatable bonds is 7. The quantitative estimate of drug-likeness (QED) is 0.181. The van der Waals surface area contributed by atoms with Crippen molar-refractivity contribution in [2.24, 2.45) is 26.8 Å². The van der Waals surface area contributed by atoms with Crippen LogP contribution in [0.5, 0.6) is 0 Å². The van der Waals surface area contributed by atoms with Crippen LogP contribution in [-0.2, 0) is 23.9 Å². The van der Waals surface area contributed by atoms with Gasteiger partial charge in [0.2, 0.25) is 5.76 Å². The third-order valence-corrected chi connectivity index (χ3v) is 9.23. The smallest absolute Gasteiger partial charge is 0.373 e. The van der Waals surface area contributed by atoms with Gasteiger partial charge >= 0.3 is 17.9 Å². The number of carbonyl (C=O) groups excluding carboxylic acids is 2. The van der Waals surface area contributed by atoms with Crippen LogP contribution in [0.1, 0.15) is 69.5 Å². The van der Waals surface area contributed by atoms with E-state index in [1.165, 1.54) is 7.11 Å². The number of aliphatic hydroxyl groups excluding tert-OH is 1. The van der Waals surface area contributed by atoms with Gasteiger partial charge in [-0.05, 0) is 74.1 Å². The molecule has 4 aliphatic heterocycles. The molecule has 0 spiro atoms. The van der Waals surface area contributed by atoms with Crippen molar-refractivity contribution >= 4 is 53.3 Å². The van der Waals surface area contributed by atoms with E-state index < -0.39 is 29.6 Å². The van der Waals surface area contributed by atoms with E-state index in [2.05, 4.69) is 11.6 Å². The number of H-pyrrole nitrogens is 1. The number of ether oxygens (including phenoxy) is 2. The number of aromatic amines is 1. The Morgan fingerprint density at radius 2 is 1.68 bits per heavy atom. The molecule has 47 heavy (non-hydrogen) atoms. The number of carboxylic acid groups (broad SMARTS) is 1. The highest BCUT2D eigenvalue weighted by Gasteiger charge is 2.42. The summed E-state index contributed by atoms with van der Waals surface area (Å²) in [7, 11) is 2.36. The van der Waals surface area contributed by atoms with Crippen LogP contribution in [0.3, 0.4) is 0 Å². The minimum atomic E-state index is -1.07. The fourth-order valence-electron chi connectivity index (χ4n) is 6.55. The van der Waals surface area contributed by atoms with Gasteiger partial charge in [-0.3, -0.25) is 9.79 Å². The molecule has 0 saturated carbocycles. The highest BCUT2D eigenvalue weighted by molar-refractivity contribution is 6.41. The first kappa shape index (κ1) is 33.1. The molecule has 0 aromatic carbocycles. The van der Waals surface area contributed by atoms with E-state index in [1.54, 1.807) is 19.1 Å². The number of hydrogen-bond donors (Lipinski definition) is 3. The zero-order valence-corrected chi connectivity index (χ0v) is 27.6. The molecule has 0 radical (unpaired) electrons. The SMILES string of the molecule is C=Cc1c2[nH]c(c1C)C=C1N=C(/C(=C(\O)C(=O)OC)C3=NC(=CC4=NC(=C2)C(C)=C4CC)C(C)=C3C(=O)OC)[C@@H](CCC(=O)O)[C@@H]1C. The van der Waals surface area contributed by atoms with E-state index in [0.717, 1.165) is 46.5 Å². The molecule has 5 rings (SSSR count). The van der Waals surface area contributed by atoms with Crippen LogP contribution in [0.25, 0.3) is 18.2 Å². The summed E-state index contributed by atoms with van der Waals surface area (Å²) in [6.07, 6.45) is 8.04. The molecule has 1 aromatic rings. The Morgan fingerprint density at radius 1 is 0.979 bits per heavy atom. The number of allylic oxidation sites excluding steroid dienone is 6. The number of carboxylic acids is 1. The van der Waals surface area contributed by atoms with Gasteiger partial charge in [0, 0.05) is 40.9 Å². The summed E-state index contributed by atoms with van der Waals surface area (Å²) < 4.78 is 10.1. The number of carbonyl (C=O) groups is 3. The van der Waals surface area contributed by atoms with Gasteiger partial charge in [0.1, 0.15) is 0 Å². The van der Waals surface area contributed by atoms with Gasteiger partial charge in [-0.2, -0.15) is 0 Å². The standard InChI is InChI=1S/C36H38N4O7/c1-9-20-16(3)23-13-25-18(5)22(11-12-29(41)42)32(39-25)31(34(43)36(45)47-8)33-30(35(44)46-7)19(6)26(40-33)15-28-21(10-2)17(4)24(38-28)14-27(20)37-23/h9,13-15,18,22,37,43H,1,10-12H2,2-8H3,(H,41,42)/b24-14?,25-13?,26-15?,34-31+/t18-,22-/m0/s1. The van der Waals surface area contributed by atoms with Gasteiger partial charge < -0.3 is 24.7 Å². The lowest BCUT2D eigenvalue weighted by atomic mass is 9.81. The van der Waals surface area contributed by atoms with Crippen molar-refractivity contribution in [3.63, 3.8) is 0 Å². The minimum absolute atomic E-state index is 0.0245. The van der Waals surface area contributed by atoms with Crippen molar-refractivity contribution in [3.05, 3.63) is 85.9 Å². The average molecular weight is 639 g/mol. The predicted octanol–water partition coefficient (Wildman–Crippen LogP) is 6.23. The number of nitrogens with zero attached hydrogens (tertiary/aromatic N) is 3. The molecule has 0 fully saturated rings. The Kier molecular flexibility index (Phi) is 9.02.